The molecule has 0 bridgehead atoms. The van der Waals surface area contributed by atoms with E-state index >= 15 is 0 Å². The molecule has 1 aromatic rings. The maximum atomic E-state index is 5.86. The molecule has 0 N–H and O–H groups in total. The summed E-state index contributed by atoms with van der Waals surface area (Å²) in [6.07, 6.45) is 1.67. The lowest BCUT2D eigenvalue weighted by atomic mass is 10.3. The molecule has 2 heterocycles. The zero-order chi connectivity index (χ0) is 8.55. The van der Waals surface area contributed by atoms with E-state index in [1.54, 1.807) is 12.3 Å². The average molecular weight is 187 g/mol. The van der Waals surface area contributed by atoms with Crippen molar-refractivity contribution in [2.75, 3.05) is 12.0 Å². The summed E-state index contributed by atoms with van der Waals surface area (Å²) in [6, 6.07) is 1.69. The van der Waals surface area contributed by atoms with Gasteiger partial charge in [0.2, 0.25) is 6.79 Å². The van der Waals surface area contributed by atoms with Crippen LogP contribution in [0.25, 0.3) is 0 Å². The summed E-state index contributed by atoms with van der Waals surface area (Å²) in [7, 11) is 0. The summed E-state index contributed by atoms with van der Waals surface area (Å²) in [5.41, 5.74) is 0.931. The summed E-state index contributed by atoms with van der Waals surface area (Å²) < 4.78 is 0. The van der Waals surface area contributed by atoms with Crippen LogP contribution in [-0.2, 0) is 9.68 Å². The molecule has 0 atom stereocenters. The monoisotopic (exact) mass is 186 g/mol. The van der Waals surface area contributed by atoms with Crippen molar-refractivity contribution in [2.45, 2.75) is 6.92 Å². The lowest BCUT2D eigenvalue weighted by Crippen LogP contribution is -2.37. The highest BCUT2D eigenvalue weighted by molar-refractivity contribution is 6.31. The Balaban J connectivity index is 2.27. The van der Waals surface area contributed by atoms with Gasteiger partial charge in [0.05, 0.1) is 0 Å². The van der Waals surface area contributed by atoms with Gasteiger partial charge < -0.3 is 0 Å². The van der Waals surface area contributed by atoms with Crippen LogP contribution in [0.15, 0.2) is 12.3 Å². The Morgan fingerprint density at radius 2 is 2.33 bits per heavy atom. The van der Waals surface area contributed by atoms with E-state index in [2.05, 4.69) is 4.98 Å². The van der Waals surface area contributed by atoms with E-state index in [1.807, 2.05) is 6.92 Å². The summed E-state index contributed by atoms with van der Waals surface area (Å²) in [5.74, 6) is 0.567. The number of nitrogens with zero attached hydrogens (tertiary/aromatic N) is 2. The standard InChI is InChI=1S/C7H7ClN2O2/c1-5-3-9-7(2-6(5)8)10-11-4-12-10/h2-3H,4H2,1H3. The van der Waals surface area contributed by atoms with Crippen molar-refractivity contribution < 1.29 is 9.68 Å². The van der Waals surface area contributed by atoms with Crippen LogP contribution in [0.4, 0.5) is 5.82 Å². The first-order chi connectivity index (χ1) is 5.77. The van der Waals surface area contributed by atoms with Gasteiger partial charge in [-0.25, -0.2) is 14.7 Å². The first kappa shape index (κ1) is 7.79. The average Bonchev–Trinajstić information content (AvgIpc) is 1.93. The lowest BCUT2D eigenvalue weighted by molar-refractivity contribution is -0.278. The Morgan fingerprint density at radius 1 is 1.58 bits per heavy atom. The second-order valence-electron chi connectivity index (χ2n) is 2.42. The second kappa shape index (κ2) is 2.90. The Bertz CT molecular complexity index is 301. The van der Waals surface area contributed by atoms with Crippen LogP contribution in [0.3, 0.4) is 0 Å². The van der Waals surface area contributed by atoms with Crippen molar-refractivity contribution in [3.63, 3.8) is 0 Å². The molecule has 64 valence electrons. The fraction of sp³-hybridized carbons (Fsp3) is 0.286. The third-order valence-corrected chi connectivity index (χ3v) is 1.96. The Kier molecular flexibility index (Phi) is 1.88. The number of hydrogen-bond donors (Lipinski definition) is 0. The number of rotatable bonds is 1. The molecular weight excluding hydrogens is 180 g/mol. The SMILES string of the molecule is Cc1cnc(N2OCO2)cc1Cl. The number of aryl methyl sites for hydroxylation is 1. The molecule has 1 saturated heterocycles. The third kappa shape index (κ3) is 1.24. The van der Waals surface area contributed by atoms with Gasteiger partial charge >= 0.3 is 0 Å². The van der Waals surface area contributed by atoms with E-state index in [-0.39, 0.29) is 6.79 Å². The van der Waals surface area contributed by atoms with Gasteiger partial charge in [-0.15, -0.1) is 5.23 Å². The van der Waals surface area contributed by atoms with E-state index in [0.29, 0.717) is 10.8 Å². The van der Waals surface area contributed by atoms with Crippen LogP contribution in [0.1, 0.15) is 5.56 Å². The Morgan fingerprint density at radius 3 is 2.83 bits per heavy atom. The van der Waals surface area contributed by atoms with Crippen molar-refractivity contribution in [1.29, 1.82) is 0 Å². The molecule has 2 rings (SSSR count). The molecule has 1 aliphatic heterocycles. The maximum absolute atomic E-state index is 5.86. The first-order valence-electron chi connectivity index (χ1n) is 3.45. The van der Waals surface area contributed by atoms with Gasteiger partial charge in [0.1, 0.15) is 0 Å². The Labute approximate surface area is 74.6 Å². The maximum Gasteiger partial charge on any atom is 0.205 e. The number of pyridine rings is 1. The summed E-state index contributed by atoms with van der Waals surface area (Å²) >= 11 is 5.86. The van der Waals surface area contributed by atoms with Gasteiger partial charge in [-0.2, -0.15) is 0 Å². The predicted octanol–water partition coefficient (Wildman–Crippen LogP) is 1.68. The highest BCUT2D eigenvalue weighted by atomic mass is 35.5. The molecule has 0 radical (unpaired) electrons. The van der Waals surface area contributed by atoms with E-state index in [9.17, 15) is 0 Å². The van der Waals surface area contributed by atoms with Crippen molar-refractivity contribution in [3.05, 3.63) is 22.8 Å². The summed E-state index contributed by atoms with van der Waals surface area (Å²) in [5, 5.41) is 1.88. The molecule has 0 amide bonds. The van der Waals surface area contributed by atoms with Crippen LogP contribution in [0, 0.1) is 6.92 Å². The minimum atomic E-state index is 0.271. The molecular formula is C7H7ClN2O2. The lowest BCUT2D eigenvalue weighted by Gasteiger charge is -2.28. The van der Waals surface area contributed by atoms with Gasteiger partial charge in [-0.1, -0.05) is 11.6 Å². The number of anilines is 1. The van der Waals surface area contributed by atoms with Gasteiger partial charge in [0, 0.05) is 17.3 Å². The van der Waals surface area contributed by atoms with Gasteiger partial charge in [0.15, 0.2) is 5.82 Å². The molecule has 0 spiro atoms. The molecule has 1 fully saturated rings. The zero-order valence-corrected chi connectivity index (χ0v) is 7.21. The number of halogens is 1. The predicted molar refractivity (Wildman–Crippen MR) is 43.5 cm³/mol. The molecule has 1 aliphatic rings. The molecule has 0 unspecified atom stereocenters. The molecule has 12 heavy (non-hydrogen) atoms. The van der Waals surface area contributed by atoms with E-state index in [1.165, 1.54) is 5.23 Å². The quantitative estimate of drug-likeness (QED) is 0.669. The van der Waals surface area contributed by atoms with Gasteiger partial charge in [-0.3, -0.25) is 0 Å². The second-order valence-corrected chi connectivity index (χ2v) is 2.83. The Hall–Kier alpha value is -0.840. The van der Waals surface area contributed by atoms with Gasteiger partial charge in [0.25, 0.3) is 0 Å². The molecule has 5 heteroatoms. The molecule has 0 aromatic carbocycles. The number of hydrogen-bond acceptors (Lipinski definition) is 4. The third-order valence-electron chi connectivity index (χ3n) is 1.55. The summed E-state index contributed by atoms with van der Waals surface area (Å²) in [4.78, 5) is 13.9. The first-order valence-corrected chi connectivity index (χ1v) is 3.83. The highest BCUT2D eigenvalue weighted by Crippen LogP contribution is 2.23. The number of aromatic nitrogens is 1. The smallest absolute Gasteiger partial charge is 0.205 e. The van der Waals surface area contributed by atoms with E-state index in [4.69, 9.17) is 21.3 Å². The van der Waals surface area contributed by atoms with Crippen molar-refractivity contribution in [2.24, 2.45) is 0 Å². The molecule has 4 nitrogen and oxygen atoms in total. The molecule has 0 aliphatic carbocycles. The van der Waals surface area contributed by atoms with Crippen LogP contribution < -0.4 is 5.23 Å². The fourth-order valence-corrected chi connectivity index (χ4v) is 0.973. The minimum Gasteiger partial charge on any atom is -0.234 e. The molecule has 1 aromatic heterocycles. The van der Waals surface area contributed by atoms with Crippen LogP contribution in [0.5, 0.6) is 0 Å². The fourth-order valence-electron chi connectivity index (χ4n) is 0.827. The van der Waals surface area contributed by atoms with Gasteiger partial charge in [-0.05, 0) is 12.5 Å². The zero-order valence-electron chi connectivity index (χ0n) is 6.45. The highest BCUT2D eigenvalue weighted by Gasteiger charge is 2.18. The molecule has 0 saturated carbocycles. The van der Waals surface area contributed by atoms with Crippen LogP contribution >= 0.6 is 11.6 Å². The van der Waals surface area contributed by atoms with E-state index < -0.39 is 0 Å². The van der Waals surface area contributed by atoms with E-state index in [0.717, 1.165) is 5.56 Å². The largest absolute Gasteiger partial charge is 0.234 e. The normalized spacial score (nSPS) is 16.0. The van der Waals surface area contributed by atoms with Crippen LogP contribution in [0.2, 0.25) is 5.02 Å². The topological polar surface area (TPSA) is 34.6 Å². The minimum absolute atomic E-state index is 0.271. The summed E-state index contributed by atoms with van der Waals surface area (Å²) in [6.45, 7) is 2.16. The van der Waals surface area contributed by atoms with Crippen molar-refractivity contribution >= 4 is 17.4 Å². The van der Waals surface area contributed by atoms with Crippen molar-refractivity contribution in [1.82, 2.24) is 4.98 Å². The van der Waals surface area contributed by atoms with Crippen molar-refractivity contribution in [3.8, 4) is 0 Å². The van der Waals surface area contributed by atoms with Crippen LogP contribution in [-0.4, -0.2) is 11.8 Å².